The van der Waals surface area contributed by atoms with E-state index in [1.54, 1.807) is 12.3 Å². The highest BCUT2D eigenvalue weighted by Gasteiger charge is 2.13. The van der Waals surface area contributed by atoms with E-state index in [0.717, 1.165) is 13.0 Å². The lowest BCUT2D eigenvalue weighted by molar-refractivity contribution is 0.558. The zero-order valence-corrected chi connectivity index (χ0v) is 10.6. The lowest BCUT2D eigenvalue weighted by Gasteiger charge is -2.22. The number of nitriles is 1. The molecular weight excluding hydrogens is 222 g/mol. The molecule has 0 radical (unpaired) electrons. The van der Waals surface area contributed by atoms with E-state index in [2.05, 4.69) is 24.9 Å². The number of anilines is 1. The van der Waals surface area contributed by atoms with Gasteiger partial charge in [-0.05, 0) is 12.0 Å². The molecule has 0 spiro atoms. The Morgan fingerprint density at radius 3 is 2.88 bits per heavy atom. The van der Waals surface area contributed by atoms with Gasteiger partial charge in [-0.2, -0.15) is 5.26 Å². The second-order valence-corrected chi connectivity index (χ2v) is 4.38. The maximum atomic E-state index is 8.87. The molecule has 0 bridgehead atoms. The first-order chi connectivity index (χ1) is 7.60. The number of aromatic nitrogens is 1. The van der Waals surface area contributed by atoms with Crippen LogP contribution < -0.4 is 4.90 Å². The average molecular weight is 238 g/mol. The summed E-state index contributed by atoms with van der Waals surface area (Å²) in [6.45, 7) is 5.22. The standard InChI is InChI=1S/C12H16ClN3/c1-4-9(2)8-16(3)12-11(13)10(7-14)5-6-15-12/h5-6,9H,4,8H2,1-3H3. The summed E-state index contributed by atoms with van der Waals surface area (Å²) in [6, 6.07) is 3.69. The maximum absolute atomic E-state index is 8.87. The minimum atomic E-state index is 0.441. The minimum absolute atomic E-state index is 0.441. The van der Waals surface area contributed by atoms with Gasteiger partial charge in [0.15, 0.2) is 0 Å². The van der Waals surface area contributed by atoms with Gasteiger partial charge in [0.2, 0.25) is 0 Å². The topological polar surface area (TPSA) is 39.9 Å². The molecule has 0 aliphatic heterocycles. The average Bonchev–Trinajstić information content (AvgIpc) is 2.29. The molecule has 0 aliphatic carbocycles. The molecule has 1 heterocycles. The minimum Gasteiger partial charge on any atom is -0.358 e. The molecule has 16 heavy (non-hydrogen) atoms. The van der Waals surface area contributed by atoms with Crippen molar-refractivity contribution in [3.8, 4) is 6.07 Å². The van der Waals surface area contributed by atoms with Gasteiger partial charge in [0, 0.05) is 19.8 Å². The van der Waals surface area contributed by atoms with Crippen LogP contribution in [0.15, 0.2) is 12.3 Å². The van der Waals surface area contributed by atoms with Crippen molar-refractivity contribution in [2.24, 2.45) is 5.92 Å². The predicted molar refractivity (Wildman–Crippen MR) is 66.7 cm³/mol. The fourth-order valence-electron chi connectivity index (χ4n) is 1.47. The molecular formula is C12H16ClN3. The van der Waals surface area contributed by atoms with E-state index in [4.69, 9.17) is 16.9 Å². The van der Waals surface area contributed by atoms with Crippen LogP contribution in [-0.2, 0) is 0 Å². The summed E-state index contributed by atoms with van der Waals surface area (Å²) in [5, 5.41) is 9.31. The van der Waals surface area contributed by atoms with E-state index in [1.807, 2.05) is 11.9 Å². The van der Waals surface area contributed by atoms with E-state index in [1.165, 1.54) is 0 Å². The van der Waals surface area contributed by atoms with Gasteiger partial charge in [0.25, 0.3) is 0 Å². The number of pyridine rings is 1. The third-order valence-electron chi connectivity index (χ3n) is 2.64. The van der Waals surface area contributed by atoms with Gasteiger partial charge in [0.1, 0.15) is 16.9 Å². The Labute approximate surface area is 102 Å². The van der Waals surface area contributed by atoms with Crippen molar-refractivity contribution in [1.82, 2.24) is 4.98 Å². The Morgan fingerprint density at radius 2 is 2.31 bits per heavy atom. The summed E-state index contributed by atoms with van der Waals surface area (Å²) in [7, 11) is 1.95. The highest BCUT2D eigenvalue weighted by molar-refractivity contribution is 6.34. The van der Waals surface area contributed by atoms with Gasteiger partial charge < -0.3 is 4.90 Å². The van der Waals surface area contributed by atoms with Crippen molar-refractivity contribution in [2.45, 2.75) is 20.3 Å². The Hall–Kier alpha value is -1.27. The van der Waals surface area contributed by atoms with Gasteiger partial charge in [-0.1, -0.05) is 31.9 Å². The van der Waals surface area contributed by atoms with Crippen molar-refractivity contribution in [1.29, 1.82) is 5.26 Å². The Balaban J connectivity index is 2.92. The molecule has 0 aromatic carbocycles. The van der Waals surface area contributed by atoms with Gasteiger partial charge >= 0.3 is 0 Å². The summed E-state index contributed by atoms with van der Waals surface area (Å²) in [5.74, 6) is 1.26. The van der Waals surface area contributed by atoms with E-state index >= 15 is 0 Å². The molecule has 86 valence electrons. The summed E-state index contributed by atoms with van der Waals surface area (Å²) >= 11 is 6.10. The van der Waals surface area contributed by atoms with Crippen LogP contribution >= 0.6 is 11.6 Å². The zero-order valence-electron chi connectivity index (χ0n) is 9.87. The van der Waals surface area contributed by atoms with E-state index < -0.39 is 0 Å². The van der Waals surface area contributed by atoms with Crippen LogP contribution in [-0.4, -0.2) is 18.6 Å². The Kier molecular flexibility index (Phi) is 4.57. The summed E-state index contributed by atoms with van der Waals surface area (Å²) in [6.07, 6.45) is 2.73. The number of halogens is 1. The quantitative estimate of drug-likeness (QED) is 0.808. The molecule has 1 unspecified atom stereocenters. The second-order valence-electron chi connectivity index (χ2n) is 4.00. The zero-order chi connectivity index (χ0) is 12.1. The smallest absolute Gasteiger partial charge is 0.148 e. The lowest BCUT2D eigenvalue weighted by atomic mass is 10.1. The van der Waals surface area contributed by atoms with E-state index in [0.29, 0.717) is 22.3 Å². The second kappa shape index (κ2) is 5.72. The Bertz CT molecular complexity index is 398. The summed E-state index contributed by atoms with van der Waals surface area (Å²) in [4.78, 5) is 6.21. The molecule has 3 nitrogen and oxygen atoms in total. The number of hydrogen-bond donors (Lipinski definition) is 0. The maximum Gasteiger partial charge on any atom is 0.148 e. The van der Waals surface area contributed by atoms with Crippen molar-refractivity contribution in [3.63, 3.8) is 0 Å². The normalized spacial score (nSPS) is 11.9. The van der Waals surface area contributed by atoms with E-state index in [-0.39, 0.29) is 0 Å². The van der Waals surface area contributed by atoms with Crippen LogP contribution in [0.3, 0.4) is 0 Å². The molecule has 1 aromatic heterocycles. The van der Waals surface area contributed by atoms with E-state index in [9.17, 15) is 0 Å². The third kappa shape index (κ3) is 2.86. The van der Waals surface area contributed by atoms with Crippen molar-refractivity contribution in [2.75, 3.05) is 18.5 Å². The number of nitrogens with zero attached hydrogens (tertiary/aromatic N) is 3. The van der Waals surface area contributed by atoms with Gasteiger partial charge in [-0.3, -0.25) is 0 Å². The molecule has 0 amide bonds. The van der Waals surface area contributed by atoms with Crippen LogP contribution in [0.4, 0.5) is 5.82 Å². The number of hydrogen-bond acceptors (Lipinski definition) is 3. The van der Waals surface area contributed by atoms with Crippen molar-refractivity contribution >= 4 is 17.4 Å². The van der Waals surface area contributed by atoms with Crippen LogP contribution in [0.2, 0.25) is 5.02 Å². The molecule has 0 fully saturated rings. The first-order valence-corrected chi connectivity index (χ1v) is 5.73. The predicted octanol–water partition coefficient (Wildman–Crippen LogP) is 3.09. The van der Waals surface area contributed by atoms with Gasteiger partial charge in [0.05, 0.1) is 5.56 Å². The largest absolute Gasteiger partial charge is 0.358 e. The van der Waals surface area contributed by atoms with Crippen molar-refractivity contribution < 1.29 is 0 Å². The molecule has 0 saturated heterocycles. The fraction of sp³-hybridized carbons (Fsp3) is 0.500. The molecule has 1 rings (SSSR count). The fourth-order valence-corrected chi connectivity index (χ4v) is 1.77. The monoisotopic (exact) mass is 237 g/mol. The molecule has 1 atom stereocenters. The lowest BCUT2D eigenvalue weighted by Crippen LogP contribution is -2.24. The summed E-state index contributed by atoms with van der Waals surface area (Å²) in [5.41, 5.74) is 0.475. The highest BCUT2D eigenvalue weighted by Crippen LogP contribution is 2.26. The summed E-state index contributed by atoms with van der Waals surface area (Å²) < 4.78 is 0. The molecule has 0 aliphatic rings. The molecule has 4 heteroatoms. The van der Waals surface area contributed by atoms with Gasteiger partial charge in [-0.15, -0.1) is 0 Å². The van der Waals surface area contributed by atoms with Crippen LogP contribution in [0, 0.1) is 17.2 Å². The molecule has 1 aromatic rings. The first kappa shape index (κ1) is 12.8. The molecule has 0 saturated carbocycles. The van der Waals surface area contributed by atoms with Crippen LogP contribution in [0.25, 0.3) is 0 Å². The van der Waals surface area contributed by atoms with Crippen LogP contribution in [0.1, 0.15) is 25.8 Å². The van der Waals surface area contributed by atoms with Crippen molar-refractivity contribution in [3.05, 3.63) is 22.8 Å². The van der Waals surface area contributed by atoms with Crippen LogP contribution in [0.5, 0.6) is 0 Å². The Morgan fingerprint density at radius 1 is 1.62 bits per heavy atom. The first-order valence-electron chi connectivity index (χ1n) is 5.35. The highest BCUT2D eigenvalue weighted by atomic mass is 35.5. The third-order valence-corrected chi connectivity index (χ3v) is 3.01. The molecule has 0 N–H and O–H groups in total. The SMILES string of the molecule is CCC(C)CN(C)c1nccc(C#N)c1Cl. The number of rotatable bonds is 4. The van der Waals surface area contributed by atoms with Gasteiger partial charge in [-0.25, -0.2) is 4.98 Å².